The zero-order chi connectivity index (χ0) is 10.6. The average molecular weight is 212 g/mol. The van der Waals surface area contributed by atoms with Crippen LogP contribution in [0.2, 0.25) is 0 Å². The zero-order valence-corrected chi connectivity index (χ0v) is 10.3. The van der Waals surface area contributed by atoms with Crippen LogP contribution in [-0.2, 0) is 6.54 Å². The van der Waals surface area contributed by atoms with Crippen molar-refractivity contribution in [3.05, 3.63) is 16.1 Å². The molecule has 0 aliphatic rings. The summed E-state index contributed by atoms with van der Waals surface area (Å²) in [6.45, 7) is 9.72. The van der Waals surface area contributed by atoms with Gasteiger partial charge in [0.2, 0.25) is 0 Å². The predicted molar refractivity (Wildman–Crippen MR) is 62.8 cm³/mol. The Morgan fingerprint density at radius 1 is 1.43 bits per heavy atom. The monoisotopic (exact) mass is 212 g/mol. The lowest BCUT2D eigenvalue weighted by molar-refractivity contribution is 0.533. The minimum atomic E-state index is 0.585. The second-order valence-electron chi connectivity index (χ2n) is 4.00. The first-order valence-electron chi connectivity index (χ1n) is 5.31. The summed E-state index contributed by atoms with van der Waals surface area (Å²) in [5, 5.41) is 4.65. The summed E-state index contributed by atoms with van der Waals surface area (Å²) in [6, 6.07) is 0.585. The van der Waals surface area contributed by atoms with Gasteiger partial charge in [0, 0.05) is 23.7 Å². The molecule has 1 aromatic rings. The zero-order valence-electron chi connectivity index (χ0n) is 9.50. The summed E-state index contributed by atoms with van der Waals surface area (Å²) in [5.74, 6) is 0.602. The SMILES string of the molecule is CCC(C)NCc1ncc(C(C)C)s1. The number of thiazole rings is 1. The van der Waals surface area contributed by atoms with Crippen LogP contribution in [0.25, 0.3) is 0 Å². The molecule has 0 aromatic carbocycles. The molecule has 1 heterocycles. The van der Waals surface area contributed by atoms with E-state index in [1.807, 2.05) is 17.5 Å². The summed E-state index contributed by atoms with van der Waals surface area (Å²) in [6.07, 6.45) is 3.17. The van der Waals surface area contributed by atoms with E-state index in [0.29, 0.717) is 12.0 Å². The maximum Gasteiger partial charge on any atom is 0.107 e. The molecule has 0 spiro atoms. The van der Waals surface area contributed by atoms with Gasteiger partial charge in [0.15, 0.2) is 0 Å². The van der Waals surface area contributed by atoms with E-state index in [1.165, 1.54) is 16.3 Å². The molecule has 0 saturated heterocycles. The summed E-state index contributed by atoms with van der Waals surface area (Å²) < 4.78 is 0. The molecule has 1 N–H and O–H groups in total. The van der Waals surface area contributed by atoms with Crippen molar-refractivity contribution >= 4 is 11.3 Å². The second-order valence-corrected chi connectivity index (χ2v) is 5.15. The minimum Gasteiger partial charge on any atom is -0.308 e. The summed E-state index contributed by atoms with van der Waals surface area (Å²) in [4.78, 5) is 5.78. The van der Waals surface area contributed by atoms with Gasteiger partial charge in [-0.3, -0.25) is 0 Å². The molecule has 1 unspecified atom stereocenters. The van der Waals surface area contributed by atoms with Gasteiger partial charge < -0.3 is 5.32 Å². The van der Waals surface area contributed by atoms with Crippen molar-refractivity contribution in [2.24, 2.45) is 0 Å². The summed E-state index contributed by atoms with van der Waals surface area (Å²) >= 11 is 1.82. The Morgan fingerprint density at radius 2 is 2.14 bits per heavy atom. The molecule has 2 nitrogen and oxygen atoms in total. The van der Waals surface area contributed by atoms with Crippen LogP contribution in [-0.4, -0.2) is 11.0 Å². The van der Waals surface area contributed by atoms with Gasteiger partial charge >= 0.3 is 0 Å². The van der Waals surface area contributed by atoms with Crippen molar-refractivity contribution in [1.82, 2.24) is 10.3 Å². The van der Waals surface area contributed by atoms with Crippen LogP contribution in [0.1, 0.15) is 49.9 Å². The van der Waals surface area contributed by atoms with Gasteiger partial charge in [0.1, 0.15) is 5.01 Å². The van der Waals surface area contributed by atoms with Crippen molar-refractivity contribution < 1.29 is 0 Å². The Labute approximate surface area is 90.8 Å². The first-order chi connectivity index (χ1) is 6.63. The molecule has 1 atom stereocenters. The lowest BCUT2D eigenvalue weighted by Gasteiger charge is -2.08. The van der Waals surface area contributed by atoms with Crippen molar-refractivity contribution in [2.45, 2.75) is 52.6 Å². The fourth-order valence-corrected chi connectivity index (χ4v) is 1.95. The quantitative estimate of drug-likeness (QED) is 0.811. The molecule has 0 aliphatic carbocycles. The van der Waals surface area contributed by atoms with E-state index in [0.717, 1.165) is 6.54 Å². The highest BCUT2D eigenvalue weighted by molar-refractivity contribution is 7.11. The van der Waals surface area contributed by atoms with E-state index in [-0.39, 0.29) is 0 Å². The van der Waals surface area contributed by atoms with Crippen LogP contribution in [0.15, 0.2) is 6.20 Å². The standard InChI is InChI=1S/C11H20N2S/c1-5-9(4)12-7-11-13-6-10(14-11)8(2)3/h6,8-9,12H,5,7H2,1-4H3. The van der Waals surface area contributed by atoms with Gasteiger partial charge in [0.05, 0.1) is 0 Å². The highest BCUT2D eigenvalue weighted by Gasteiger charge is 2.05. The van der Waals surface area contributed by atoms with Crippen molar-refractivity contribution in [1.29, 1.82) is 0 Å². The van der Waals surface area contributed by atoms with Crippen LogP contribution in [0.4, 0.5) is 0 Å². The maximum absolute atomic E-state index is 4.40. The molecular weight excluding hydrogens is 192 g/mol. The molecule has 3 heteroatoms. The Balaban J connectivity index is 2.44. The molecule has 80 valence electrons. The van der Waals surface area contributed by atoms with Gasteiger partial charge in [-0.05, 0) is 19.3 Å². The highest BCUT2D eigenvalue weighted by Crippen LogP contribution is 2.21. The molecule has 14 heavy (non-hydrogen) atoms. The summed E-state index contributed by atoms with van der Waals surface area (Å²) in [5.41, 5.74) is 0. The third-order valence-corrected chi connectivity index (χ3v) is 3.65. The van der Waals surface area contributed by atoms with Crippen LogP contribution >= 0.6 is 11.3 Å². The molecule has 0 amide bonds. The lowest BCUT2D eigenvalue weighted by atomic mass is 10.2. The Hall–Kier alpha value is -0.410. The Kier molecular flexibility index (Phi) is 4.55. The minimum absolute atomic E-state index is 0.585. The highest BCUT2D eigenvalue weighted by atomic mass is 32.1. The lowest BCUT2D eigenvalue weighted by Crippen LogP contribution is -2.24. The number of aromatic nitrogens is 1. The fourth-order valence-electron chi connectivity index (χ4n) is 1.08. The van der Waals surface area contributed by atoms with Gasteiger partial charge in [-0.25, -0.2) is 4.98 Å². The molecule has 0 fully saturated rings. The van der Waals surface area contributed by atoms with Gasteiger partial charge in [-0.15, -0.1) is 11.3 Å². The van der Waals surface area contributed by atoms with Crippen LogP contribution in [0.3, 0.4) is 0 Å². The molecule has 0 saturated carbocycles. The molecule has 0 aliphatic heterocycles. The molecule has 0 radical (unpaired) electrons. The van der Waals surface area contributed by atoms with E-state index in [4.69, 9.17) is 0 Å². The molecule has 1 aromatic heterocycles. The van der Waals surface area contributed by atoms with Crippen molar-refractivity contribution in [3.8, 4) is 0 Å². The number of nitrogens with zero attached hydrogens (tertiary/aromatic N) is 1. The second kappa shape index (κ2) is 5.47. The average Bonchev–Trinajstić information content (AvgIpc) is 2.62. The van der Waals surface area contributed by atoms with E-state index in [2.05, 4.69) is 38.0 Å². The van der Waals surface area contributed by atoms with Crippen LogP contribution in [0.5, 0.6) is 0 Å². The number of nitrogens with one attached hydrogen (secondary N) is 1. The first-order valence-corrected chi connectivity index (χ1v) is 6.13. The number of rotatable bonds is 5. The van der Waals surface area contributed by atoms with E-state index >= 15 is 0 Å². The van der Waals surface area contributed by atoms with E-state index in [9.17, 15) is 0 Å². The molecule has 0 bridgehead atoms. The first kappa shape index (κ1) is 11.7. The Bertz CT molecular complexity index is 268. The number of hydrogen-bond acceptors (Lipinski definition) is 3. The van der Waals surface area contributed by atoms with Crippen molar-refractivity contribution in [3.63, 3.8) is 0 Å². The largest absolute Gasteiger partial charge is 0.308 e. The smallest absolute Gasteiger partial charge is 0.107 e. The molecular formula is C11H20N2S. The van der Waals surface area contributed by atoms with Gasteiger partial charge in [0.25, 0.3) is 0 Å². The summed E-state index contributed by atoms with van der Waals surface area (Å²) in [7, 11) is 0. The van der Waals surface area contributed by atoms with Gasteiger partial charge in [-0.2, -0.15) is 0 Å². The maximum atomic E-state index is 4.40. The van der Waals surface area contributed by atoms with Crippen LogP contribution in [0, 0.1) is 0 Å². The third kappa shape index (κ3) is 3.39. The normalized spacial score (nSPS) is 13.5. The third-order valence-electron chi connectivity index (χ3n) is 2.35. The van der Waals surface area contributed by atoms with Gasteiger partial charge in [-0.1, -0.05) is 20.8 Å². The topological polar surface area (TPSA) is 24.9 Å². The fraction of sp³-hybridized carbons (Fsp3) is 0.727. The number of hydrogen-bond donors (Lipinski definition) is 1. The van der Waals surface area contributed by atoms with Crippen molar-refractivity contribution in [2.75, 3.05) is 0 Å². The molecule has 1 rings (SSSR count). The predicted octanol–water partition coefficient (Wildman–Crippen LogP) is 3.15. The van der Waals surface area contributed by atoms with E-state index < -0.39 is 0 Å². The van der Waals surface area contributed by atoms with Crippen LogP contribution < -0.4 is 5.32 Å². The Morgan fingerprint density at radius 3 is 2.64 bits per heavy atom. The van der Waals surface area contributed by atoms with E-state index in [1.54, 1.807) is 0 Å².